The molecule has 1 aliphatic heterocycles. The Morgan fingerprint density at radius 3 is 2.63 bits per heavy atom. The summed E-state index contributed by atoms with van der Waals surface area (Å²) in [5.74, 6) is 1.07. The van der Waals surface area contributed by atoms with Gasteiger partial charge in [-0.15, -0.1) is 0 Å². The number of carbonyl (C=O) groups excluding carboxylic acids is 1. The molecule has 0 radical (unpaired) electrons. The summed E-state index contributed by atoms with van der Waals surface area (Å²) in [6.45, 7) is 11.2. The number of carbonyl (C=O) groups is 1. The smallest absolute Gasteiger partial charge is 0.410 e. The summed E-state index contributed by atoms with van der Waals surface area (Å²) in [7, 11) is 0. The minimum absolute atomic E-state index is 0.239. The maximum Gasteiger partial charge on any atom is 0.410 e. The number of nitrogens with one attached hydrogen (secondary N) is 2. The highest BCUT2D eigenvalue weighted by atomic mass is 32.2. The molecule has 1 fully saturated rings. The van der Waals surface area contributed by atoms with Crippen molar-refractivity contribution in [3.05, 3.63) is 71.4 Å². The van der Waals surface area contributed by atoms with Crippen molar-refractivity contribution in [3.8, 4) is 0 Å². The number of thiazole rings is 1. The van der Waals surface area contributed by atoms with E-state index >= 15 is 4.39 Å². The van der Waals surface area contributed by atoms with Gasteiger partial charge in [-0.2, -0.15) is 0 Å². The molecule has 5 rings (SSSR count). The van der Waals surface area contributed by atoms with Gasteiger partial charge in [0.15, 0.2) is 10.9 Å². The third kappa shape index (κ3) is 7.89. The van der Waals surface area contributed by atoms with Crippen LogP contribution >= 0.6 is 23.1 Å². The van der Waals surface area contributed by atoms with Gasteiger partial charge in [0.1, 0.15) is 17.2 Å². The van der Waals surface area contributed by atoms with Crippen LogP contribution in [0.15, 0.2) is 56.5 Å². The summed E-state index contributed by atoms with van der Waals surface area (Å²) in [4.78, 5) is 27.9. The number of nitrogens with zero attached hydrogens (tertiary/aromatic N) is 5. The first-order valence-corrected chi connectivity index (χ1v) is 15.7. The maximum atomic E-state index is 15.6. The highest BCUT2D eigenvalue weighted by Gasteiger charge is 2.40. The lowest BCUT2D eigenvalue weighted by atomic mass is 9.75. The molecule has 2 N–H and O–H groups in total. The van der Waals surface area contributed by atoms with E-state index in [0.29, 0.717) is 54.0 Å². The average molecular weight is 626 g/mol. The maximum absolute atomic E-state index is 15.6. The van der Waals surface area contributed by atoms with Gasteiger partial charge in [-0.1, -0.05) is 28.3 Å². The van der Waals surface area contributed by atoms with E-state index in [-0.39, 0.29) is 23.9 Å². The zero-order valence-corrected chi connectivity index (χ0v) is 26.6. The van der Waals surface area contributed by atoms with Crippen molar-refractivity contribution in [3.63, 3.8) is 0 Å². The van der Waals surface area contributed by atoms with Crippen molar-refractivity contribution in [2.45, 2.75) is 74.1 Å². The number of rotatable bonds is 9. The first-order valence-electron chi connectivity index (χ1n) is 14.1. The van der Waals surface area contributed by atoms with E-state index in [2.05, 4.69) is 30.7 Å². The third-order valence-corrected chi connectivity index (χ3v) is 9.12. The lowest BCUT2D eigenvalue weighted by Crippen LogP contribution is -2.50. The highest BCUT2D eigenvalue weighted by molar-refractivity contribution is 8.01. The molecule has 43 heavy (non-hydrogen) atoms. The predicted octanol–water partition coefficient (Wildman–Crippen LogP) is 6.63. The van der Waals surface area contributed by atoms with Crippen molar-refractivity contribution in [2.75, 3.05) is 25.0 Å². The predicted molar refractivity (Wildman–Crippen MR) is 164 cm³/mol. The van der Waals surface area contributed by atoms with E-state index < -0.39 is 5.60 Å². The summed E-state index contributed by atoms with van der Waals surface area (Å²) >= 11 is 2.74. The van der Waals surface area contributed by atoms with E-state index in [1.54, 1.807) is 29.6 Å². The van der Waals surface area contributed by atoms with E-state index in [1.807, 2.05) is 52.8 Å². The monoisotopic (exact) mass is 625 g/mol. The van der Waals surface area contributed by atoms with Gasteiger partial charge in [-0.3, -0.25) is 4.98 Å². The lowest BCUT2D eigenvalue weighted by molar-refractivity contribution is 0.0159. The molecule has 10 nitrogen and oxygen atoms in total. The summed E-state index contributed by atoms with van der Waals surface area (Å²) < 4.78 is 27.4. The number of aromatic nitrogens is 4. The summed E-state index contributed by atoms with van der Waals surface area (Å²) in [6.07, 6.45) is 6.09. The number of ether oxygens (including phenoxy) is 1. The van der Waals surface area contributed by atoms with Crippen LogP contribution < -0.4 is 10.6 Å². The molecule has 0 aromatic carbocycles. The molecule has 13 heteroatoms. The molecule has 4 aromatic rings. The minimum atomic E-state index is -0.557. The fourth-order valence-corrected chi connectivity index (χ4v) is 6.75. The third-order valence-electron chi connectivity index (χ3n) is 7.07. The number of aryl methyl sites for hydroxylation is 2. The van der Waals surface area contributed by atoms with Gasteiger partial charge in [0.05, 0.1) is 26.7 Å². The van der Waals surface area contributed by atoms with Gasteiger partial charge in [0.25, 0.3) is 0 Å². The molecule has 1 aliphatic rings. The van der Waals surface area contributed by atoms with Crippen LogP contribution in [0.4, 0.5) is 20.1 Å². The second-order valence-corrected chi connectivity index (χ2v) is 14.0. The van der Waals surface area contributed by atoms with Crippen molar-refractivity contribution in [2.24, 2.45) is 0 Å². The van der Waals surface area contributed by atoms with Gasteiger partial charge in [0.2, 0.25) is 0 Å². The number of amides is 1. The molecule has 5 heterocycles. The normalized spacial score (nSPS) is 15.0. The molecule has 1 amide bonds. The van der Waals surface area contributed by atoms with Crippen LogP contribution in [0.25, 0.3) is 0 Å². The quantitative estimate of drug-likeness (QED) is 0.210. The first kappa shape index (κ1) is 30.9. The number of pyridine rings is 2. The zero-order chi connectivity index (χ0) is 30.6. The second kappa shape index (κ2) is 13.0. The Kier molecular flexibility index (Phi) is 9.33. The molecule has 228 valence electrons. The number of anilines is 2. The SMILES string of the molecule is Cc1ccnc(Nc2ncc(Sc3ccnc(CNCC4(c5cc(C)on5)CCN(C(=O)OC(C)(C)C)CC4)c3F)s2)c1. The number of hydrogen-bond donors (Lipinski definition) is 2. The van der Waals surface area contributed by atoms with Crippen molar-refractivity contribution in [1.82, 2.24) is 30.3 Å². The van der Waals surface area contributed by atoms with E-state index in [0.717, 1.165) is 21.2 Å². The molecule has 1 saturated heterocycles. The Labute approximate surface area is 258 Å². The van der Waals surface area contributed by atoms with Crippen molar-refractivity contribution >= 4 is 40.1 Å². The number of likely N-dealkylation sites (tertiary alicyclic amines) is 1. The van der Waals surface area contributed by atoms with Crippen LogP contribution in [-0.2, 0) is 16.7 Å². The van der Waals surface area contributed by atoms with Crippen LogP contribution in [-0.4, -0.2) is 56.3 Å². The number of hydrogen-bond acceptors (Lipinski definition) is 11. The van der Waals surface area contributed by atoms with Crippen LogP contribution in [0.1, 0.15) is 56.3 Å². The highest BCUT2D eigenvalue weighted by Crippen LogP contribution is 2.37. The molecule has 0 aliphatic carbocycles. The topological polar surface area (TPSA) is 118 Å². The number of piperidine rings is 1. The molecule has 0 spiro atoms. The fourth-order valence-electron chi connectivity index (χ4n) is 4.86. The van der Waals surface area contributed by atoms with E-state index in [9.17, 15) is 4.79 Å². The molecular weight excluding hydrogens is 590 g/mol. The summed E-state index contributed by atoms with van der Waals surface area (Å²) in [6, 6.07) is 7.48. The van der Waals surface area contributed by atoms with Crippen LogP contribution in [0, 0.1) is 19.7 Å². The first-order chi connectivity index (χ1) is 20.5. The van der Waals surface area contributed by atoms with Gasteiger partial charge >= 0.3 is 6.09 Å². The standard InChI is InChI=1S/C30H36FN7O3S2/c1-19-6-10-34-24(14-19)36-27-35-17-25(43-27)42-22-7-11-33-21(26(22)31)16-32-18-30(23-15-20(2)41-37-23)8-12-38(13-9-30)28(39)40-29(3,4)5/h6-7,10-11,14-15,17,32H,8-9,12-13,16,18H2,1-5H3,(H,34,35,36). The van der Waals surface area contributed by atoms with Gasteiger partial charge in [-0.25, -0.2) is 19.2 Å². The molecule has 0 atom stereocenters. The average Bonchev–Trinajstić information content (AvgIpc) is 3.59. The summed E-state index contributed by atoms with van der Waals surface area (Å²) in [5.41, 5.74) is 1.32. The van der Waals surface area contributed by atoms with Crippen molar-refractivity contribution in [1.29, 1.82) is 0 Å². The van der Waals surface area contributed by atoms with Gasteiger partial charge < -0.3 is 24.8 Å². The zero-order valence-electron chi connectivity index (χ0n) is 24.9. The van der Waals surface area contributed by atoms with Crippen LogP contribution in [0.3, 0.4) is 0 Å². The number of halogens is 1. The van der Waals surface area contributed by atoms with Gasteiger partial charge in [-0.05, 0) is 71.2 Å². The molecule has 0 bridgehead atoms. The molecule has 4 aromatic heterocycles. The van der Waals surface area contributed by atoms with E-state index in [1.165, 1.54) is 23.1 Å². The molecule has 0 saturated carbocycles. The van der Waals surface area contributed by atoms with Crippen LogP contribution in [0.5, 0.6) is 0 Å². The second-order valence-electron chi connectivity index (χ2n) is 11.7. The minimum Gasteiger partial charge on any atom is -0.444 e. The molecule has 0 unspecified atom stereocenters. The molecular formula is C30H36FN7O3S2. The Hall–Kier alpha value is -3.55. The van der Waals surface area contributed by atoms with E-state index in [4.69, 9.17) is 9.26 Å². The fraction of sp³-hybridized carbons (Fsp3) is 0.433. The lowest BCUT2D eigenvalue weighted by Gasteiger charge is -2.41. The van der Waals surface area contributed by atoms with Crippen molar-refractivity contribution < 1.29 is 18.4 Å². The van der Waals surface area contributed by atoms with Gasteiger partial charge in [0, 0.05) is 50.1 Å². The Bertz CT molecular complexity index is 1560. The summed E-state index contributed by atoms with van der Waals surface area (Å²) in [5, 5.41) is 11.6. The Balaban J connectivity index is 1.22. The Morgan fingerprint density at radius 2 is 1.93 bits per heavy atom. The Morgan fingerprint density at radius 1 is 1.16 bits per heavy atom. The van der Waals surface area contributed by atoms with Crippen LogP contribution in [0.2, 0.25) is 0 Å². The largest absolute Gasteiger partial charge is 0.444 e.